The molecule has 0 radical (unpaired) electrons. The molecule has 1 aliphatic heterocycles. The Morgan fingerprint density at radius 3 is 3.00 bits per heavy atom. The van der Waals surface area contributed by atoms with Crippen molar-refractivity contribution in [2.45, 2.75) is 12.2 Å². The Hall–Kier alpha value is 1.14. The lowest BCUT2D eigenvalue weighted by atomic mass is 10.1. The summed E-state index contributed by atoms with van der Waals surface area (Å²) >= 11 is 1.49. The van der Waals surface area contributed by atoms with Crippen molar-refractivity contribution < 1.29 is 3.89 Å². The predicted octanol–water partition coefficient (Wildman–Crippen LogP) is 0.752. The first-order valence-electron chi connectivity index (χ1n) is 3.98. The second-order valence-electron chi connectivity index (χ2n) is 2.93. The third-order valence-electron chi connectivity index (χ3n) is 1.88. The van der Waals surface area contributed by atoms with E-state index in [1.807, 2.05) is 0 Å². The highest BCUT2D eigenvalue weighted by Gasteiger charge is 2.24. The van der Waals surface area contributed by atoms with Gasteiger partial charge in [0.2, 0.25) is 0 Å². The molecule has 0 aromatic rings. The standard InChI is InChI=1S/C5H11N2O.CH3.Al.HI/c6-3-5-1-2-7(8)4-5;;;/h5H,1-4,6H2;1H3;;1H/q-1;;+2;/p-1. The van der Waals surface area contributed by atoms with Crippen molar-refractivity contribution >= 4 is 31.5 Å². The van der Waals surface area contributed by atoms with E-state index in [1.165, 1.54) is 6.42 Å². The highest BCUT2D eigenvalue weighted by Crippen LogP contribution is 2.16. The van der Waals surface area contributed by atoms with Crippen molar-refractivity contribution in [1.82, 2.24) is 5.06 Å². The van der Waals surface area contributed by atoms with Crippen LogP contribution in [0.5, 0.6) is 0 Å². The second-order valence-corrected chi connectivity index (χ2v) is 9.49. The Balaban J connectivity index is 2.19. The summed E-state index contributed by atoms with van der Waals surface area (Å²) < 4.78 is 5.65. The van der Waals surface area contributed by atoms with Crippen LogP contribution >= 0.6 is 20.3 Å². The number of rotatable bonds is 3. The molecule has 5 heteroatoms. The van der Waals surface area contributed by atoms with Crippen LogP contribution in [0.15, 0.2) is 0 Å². The van der Waals surface area contributed by atoms with Gasteiger partial charge in [-0.1, -0.05) is 5.79 Å². The molecule has 11 heavy (non-hydrogen) atoms. The molecule has 1 rings (SSSR count). The molecule has 0 aliphatic carbocycles. The van der Waals surface area contributed by atoms with Gasteiger partial charge in [-0.3, -0.25) is 0 Å². The van der Waals surface area contributed by atoms with E-state index in [2.05, 4.69) is 31.1 Å². The van der Waals surface area contributed by atoms with Crippen LogP contribution in [0.25, 0.3) is 0 Å². The molecule has 1 fully saturated rings. The maximum absolute atomic E-state index is 5.65. The number of nitrogens with zero attached hydrogens (tertiary/aromatic N) is 1. The van der Waals surface area contributed by atoms with Crippen molar-refractivity contribution in [3.05, 3.63) is 0 Å². The molecular formula is C6H14AlIN2O. The summed E-state index contributed by atoms with van der Waals surface area (Å²) in [5.74, 6) is 2.84. The highest BCUT2D eigenvalue weighted by molar-refractivity contribution is 14.1. The number of nitrogens with two attached hydrogens (primary N) is 1. The normalized spacial score (nSPS) is 25.9. The number of hydroxylamine groups is 2. The van der Waals surface area contributed by atoms with Gasteiger partial charge in [-0.2, -0.15) is 20.3 Å². The molecule has 1 saturated heterocycles. The highest BCUT2D eigenvalue weighted by atomic mass is 127. The summed E-state index contributed by atoms with van der Waals surface area (Å²) in [6, 6.07) is 0. The van der Waals surface area contributed by atoms with E-state index in [0.29, 0.717) is 5.92 Å². The van der Waals surface area contributed by atoms with Gasteiger partial charge in [0.25, 0.3) is 0 Å². The zero-order valence-electron chi connectivity index (χ0n) is 6.79. The maximum Gasteiger partial charge on any atom is 0.567 e. The molecule has 0 amide bonds. The molecule has 0 aromatic heterocycles. The van der Waals surface area contributed by atoms with E-state index >= 15 is 0 Å². The Kier molecular flexibility index (Phi) is 4.65. The molecule has 1 aliphatic rings. The van der Waals surface area contributed by atoms with Gasteiger partial charge in [-0.25, -0.2) is 5.06 Å². The Labute approximate surface area is 83.6 Å². The lowest BCUT2D eigenvalue weighted by Crippen LogP contribution is -2.27. The van der Waals surface area contributed by atoms with Crippen LogP contribution < -0.4 is 5.73 Å². The Bertz CT molecular complexity index is 125. The van der Waals surface area contributed by atoms with Crippen molar-refractivity contribution in [2.24, 2.45) is 11.7 Å². The molecule has 1 atom stereocenters. The molecule has 0 saturated carbocycles. The van der Waals surface area contributed by atoms with E-state index in [4.69, 9.17) is 9.62 Å². The Morgan fingerprint density at radius 2 is 2.55 bits per heavy atom. The molecule has 0 aromatic carbocycles. The summed E-state index contributed by atoms with van der Waals surface area (Å²) in [5, 5.41) is 2.08. The van der Waals surface area contributed by atoms with Crippen LogP contribution in [0.4, 0.5) is 0 Å². The van der Waals surface area contributed by atoms with E-state index in [0.717, 1.165) is 19.6 Å². The molecule has 1 unspecified atom stereocenters. The summed E-state index contributed by atoms with van der Waals surface area (Å²) in [7, 11) is 0. The summed E-state index contributed by atoms with van der Waals surface area (Å²) in [6.07, 6.45) is 1.20. The average molecular weight is 284 g/mol. The van der Waals surface area contributed by atoms with Crippen LogP contribution in [0.1, 0.15) is 6.42 Å². The topological polar surface area (TPSA) is 38.5 Å². The smallest absolute Gasteiger partial charge is 0.409 e. The van der Waals surface area contributed by atoms with Gasteiger partial charge in [0.15, 0.2) is 0 Å². The molecule has 2 N–H and O–H groups in total. The number of hydrogen-bond acceptors (Lipinski definition) is 3. The minimum Gasteiger partial charge on any atom is -0.409 e. The third-order valence-corrected chi connectivity index (χ3v) is 3.15. The van der Waals surface area contributed by atoms with Crippen molar-refractivity contribution in [3.8, 4) is 0 Å². The van der Waals surface area contributed by atoms with E-state index in [1.54, 1.807) is 0 Å². The zero-order valence-corrected chi connectivity index (χ0v) is 10.1. The van der Waals surface area contributed by atoms with Crippen molar-refractivity contribution in [2.75, 3.05) is 19.6 Å². The first kappa shape index (κ1) is 10.2. The average Bonchev–Trinajstić information content (AvgIpc) is 2.34. The van der Waals surface area contributed by atoms with Gasteiger partial charge >= 0.3 is 11.2 Å². The minimum absolute atomic E-state index is 0.666. The fourth-order valence-corrected chi connectivity index (χ4v) is 2.86. The predicted molar refractivity (Wildman–Crippen MR) is 55.5 cm³/mol. The van der Waals surface area contributed by atoms with E-state index < -0.39 is 11.2 Å². The van der Waals surface area contributed by atoms with Crippen molar-refractivity contribution in [1.29, 1.82) is 0 Å². The van der Waals surface area contributed by atoms with Crippen LogP contribution in [-0.4, -0.2) is 35.9 Å². The second kappa shape index (κ2) is 5.00. The van der Waals surface area contributed by atoms with Gasteiger partial charge in [0.05, 0.1) is 0 Å². The third kappa shape index (κ3) is 3.57. The summed E-state index contributed by atoms with van der Waals surface area (Å²) in [6.45, 7) is 2.91. The van der Waals surface area contributed by atoms with E-state index in [-0.39, 0.29) is 0 Å². The lowest BCUT2D eigenvalue weighted by Gasteiger charge is -2.17. The SMILES string of the molecule is [CH3][Al]([I])[O]N1CCC(CN)C1. The monoisotopic (exact) mass is 284 g/mol. The number of halogens is 1. The number of hydrogen-bond donors (Lipinski definition) is 1. The maximum atomic E-state index is 5.65. The fourth-order valence-electron chi connectivity index (χ4n) is 1.29. The molecule has 0 bridgehead atoms. The molecule has 3 nitrogen and oxygen atoms in total. The van der Waals surface area contributed by atoms with Crippen LogP contribution in [-0.2, 0) is 3.89 Å². The lowest BCUT2D eigenvalue weighted by molar-refractivity contribution is -0.0360. The largest absolute Gasteiger partial charge is 0.567 e. The van der Waals surface area contributed by atoms with Crippen molar-refractivity contribution in [3.63, 3.8) is 0 Å². The molecular weight excluding hydrogens is 270 g/mol. The quantitative estimate of drug-likeness (QED) is 0.614. The van der Waals surface area contributed by atoms with Crippen LogP contribution in [0.2, 0.25) is 5.79 Å². The van der Waals surface area contributed by atoms with E-state index in [9.17, 15) is 0 Å². The first-order valence-corrected chi connectivity index (χ1v) is 9.78. The fraction of sp³-hybridized carbons (Fsp3) is 1.00. The van der Waals surface area contributed by atoms with Gasteiger partial charge in [-0.05, 0) is 18.9 Å². The zero-order chi connectivity index (χ0) is 8.27. The minimum atomic E-state index is -0.907. The first-order chi connectivity index (χ1) is 5.22. The van der Waals surface area contributed by atoms with Crippen LogP contribution in [0, 0.1) is 5.92 Å². The van der Waals surface area contributed by atoms with Gasteiger partial charge in [-0.15, -0.1) is 0 Å². The van der Waals surface area contributed by atoms with Gasteiger partial charge < -0.3 is 9.62 Å². The molecule has 64 valence electrons. The summed E-state index contributed by atoms with van der Waals surface area (Å²) in [4.78, 5) is 0. The summed E-state index contributed by atoms with van der Waals surface area (Å²) in [5.41, 5.74) is 5.55. The Morgan fingerprint density at radius 1 is 1.82 bits per heavy atom. The molecule has 1 heterocycles. The van der Waals surface area contributed by atoms with Gasteiger partial charge in [0, 0.05) is 13.1 Å². The van der Waals surface area contributed by atoms with Crippen LogP contribution in [0.3, 0.4) is 0 Å². The molecule has 0 spiro atoms. The van der Waals surface area contributed by atoms with Gasteiger partial charge in [0.1, 0.15) is 0 Å².